The molecule has 0 unspecified atom stereocenters. The molecule has 1 fully saturated rings. The van der Waals surface area contributed by atoms with Crippen molar-refractivity contribution >= 4 is 23.3 Å². The van der Waals surface area contributed by atoms with E-state index in [1.807, 2.05) is 23.1 Å². The van der Waals surface area contributed by atoms with E-state index in [0.29, 0.717) is 32.0 Å². The van der Waals surface area contributed by atoms with Gasteiger partial charge in [0, 0.05) is 38.6 Å². The Balaban J connectivity index is 1.42. The summed E-state index contributed by atoms with van der Waals surface area (Å²) < 4.78 is 15.6. The van der Waals surface area contributed by atoms with Gasteiger partial charge >= 0.3 is 0 Å². The van der Waals surface area contributed by atoms with Crippen molar-refractivity contribution < 1.29 is 9.18 Å². The maximum atomic E-state index is 14.0. The molecule has 3 heterocycles. The van der Waals surface area contributed by atoms with Crippen LogP contribution in [0.1, 0.15) is 10.4 Å². The predicted molar refractivity (Wildman–Crippen MR) is 98.7 cm³/mol. The maximum absolute atomic E-state index is 14.0. The third kappa shape index (κ3) is 3.48. The Morgan fingerprint density at radius 3 is 2.37 bits per heavy atom. The molecular weight excluding hydrogens is 371 g/mol. The smallest absolute Gasteiger partial charge is 0.258 e. The number of benzene rings is 1. The van der Waals surface area contributed by atoms with Crippen molar-refractivity contribution in [2.75, 3.05) is 31.1 Å². The molecule has 2 aromatic heterocycles. The minimum absolute atomic E-state index is 0.0732. The van der Waals surface area contributed by atoms with Crippen molar-refractivity contribution in [3.8, 4) is 5.82 Å². The molecule has 3 aromatic rings. The molecule has 1 amide bonds. The molecule has 1 aromatic carbocycles. The van der Waals surface area contributed by atoms with Gasteiger partial charge in [-0.15, -0.1) is 10.2 Å². The second-order valence-electron chi connectivity index (χ2n) is 6.08. The third-order valence-corrected chi connectivity index (χ3v) is 4.76. The second-order valence-corrected chi connectivity index (χ2v) is 6.48. The molecule has 0 N–H and O–H groups in total. The molecule has 1 aliphatic heterocycles. The molecule has 0 bridgehead atoms. The molecule has 0 saturated carbocycles. The molecular formula is C18H16ClFN6O. The van der Waals surface area contributed by atoms with Gasteiger partial charge in [0.2, 0.25) is 0 Å². The number of halogens is 2. The zero-order valence-corrected chi connectivity index (χ0v) is 15.1. The molecule has 0 spiro atoms. The van der Waals surface area contributed by atoms with Crippen molar-refractivity contribution in [3.63, 3.8) is 0 Å². The number of carbonyl (C=O) groups is 1. The third-order valence-electron chi connectivity index (χ3n) is 4.44. The Morgan fingerprint density at radius 2 is 1.74 bits per heavy atom. The van der Waals surface area contributed by atoms with E-state index in [2.05, 4.69) is 15.3 Å². The van der Waals surface area contributed by atoms with Gasteiger partial charge in [0.15, 0.2) is 11.6 Å². The second kappa shape index (κ2) is 7.32. The first-order chi connectivity index (χ1) is 13.1. The first-order valence-corrected chi connectivity index (χ1v) is 8.83. The summed E-state index contributed by atoms with van der Waals surface area (Å²) in [6.45, 7) is 2.05. The van der Waals surface area contributed by atoms with Gasteiger partial charge in [-0.3, -0.25) is 4.79 Å². The summed E-state index contributed by atoms with van der Waals surface area (Å²) in [5.74, 6) is 0.363. The van der Waals surface area contributed by atoms with Gasteiger partial charge < -0.3 is 9.80 Å². The summed E-state index contributed by atoms with van der Waals surface area (Å²) in [6.07, 6.45) is 3.47. The lowest BCUT2D eigenvalue weighted by atomic mass is 10.1. The van der Waals surface area contributed by atoms with E-state index in [4.69, 9.17) is 11.6 Å². The van der Waals surface area contributed by atoms with Crippen molar-refractivity contribution in [1.82, 2.24) is 24.9 Å². The van der Waals surface area contributed by atoms with Crippen LogP contribution >= 0.6 is 11.6 Å². The highest BCUT2D eigenvalue weighted by molar-refractivity contribution is 6.33. The first-order valence-electron chi connectivity index (χ1n) is 8.45. The summed E-state index contributed by atoms with van der Waals surface area (Å²) in [7, 11) is 0. The molecule has 0 atom stereocenters. The van der Waals surface area contributed by atoms with Crippen molar-refractivity contribution in [2.24, 2.45) is 0 Å². The SMILES string of the molecule is O=C(c1c(F)cccc1Cl)N1CCN(c2ccc(-n3cccn3)nn2)CC1. The van der Waals surface area contributed by atoms with E-state index in [1.165, 1.54) is 18.2 Å². The summed E-state index contributed by atoms with van der Waals surface area (Å²) in [5.41, 5.74) is -0.0732. The Labute approximate surface area is 160 Å². The average Bonchev–Trinajstić information content (AvgIpc) is 3.23. The number of carbonyl (C=O) groups excluding carboxylic acids is 1. The molecule has 4 rings (SSSR count). The molecule has 27 heavy (non-hydrogen) atoms. The van der Waals surface area contributed by atoms with Gasteiger partial charge in [0.25, 0.3) is 5.91 Å². The lowest BCUT2D eigenvalue weighted by Crippen LogP contribution is -2.49. The van der Waals surface area contributed by atoms with E-state index in [-0.39, 0.29) is 10.6 Å². The molecule has 1 saturated heterocycles. The molecule has 7 nitrogen and oxygen atoms in total. The predicted octanol–water partition coefficient (Wildman–Crippen LogP) is 2.42. The average molecular weight is 387 g/mol. The fraction of sp³-hybridized carbons (Fsp3) is 0.222. The number of piperazine rings is 1. The monoisotopic (exact) mass is 386 g/mol. The van der Waals surface area contributed by atoms with Crippen molar-refractivity contribution in [1.29, 1.82) is 0 Å². The van der Waals surface area contributed by atoms with Crippen LogP contribution in [-0.4, -0.2) is 57.0 Å². The minimum atomic E-state index is -0.602. The topological polar surface area (TPSA) is 67.2 Å². The fourth-order valence-electron chi connectivity index (χ4n) is 3.01. The lowest BCUT2D eigenvalue weighted by molar-refractivity contribution is 0.0742. The highest BCUT2D eigenvalue weighted by Crippen LogP contribution is 2.22. The van der Waals surface area contributed by atoms with E-state index in [1.54, 1.807) is 22.0 Å². The van der Waals surface area contributed by atoms with Gasteiger partial charge in [0.05, 0.1) is 10.6 Å². The van der Waals surface area contributed by atoms with Gasteiger partial charge in [-0.25, -0.2) is 9.07 Å². The van der Waals surface area contributed by atoms with Crippen LogP contribution in [0.2, 0.25) is 5.02 Å². The zero-order valence-electron chi connectivity index (χ0n) is 14.3. The number of rotatable bonds is 3. The minimum Gasteiger partial charge on any atom is -0.352 e. The van der Waals surface area contributed by atoms with Crippen molar-refractivity contribution in [2.45, 2.75) is 0 Å². The summed E-state index contributed by atoms with van der Waals surface area (Å²) in [5, 5.41) is 12.7. The first kappa shape index (κ1) is 17.4. The van der Waals surface area contributed by atoms with Crippen LogP contribution in [0.3, 0.4) is 0 Å². The van der Waals surface area contributed by atoms with E-state index < -0.39 is 11.7 Å². The molecule has 1 aliphatic rings. The Kier molecular flexibility index (Phi) is 4.72. The van der Waals surface area contributed by atoms with Gasteiger partial charge in [-0.1, -0.05) is 17.7 Å². The normalized spacial score (nSPS) is 14.4. The highest BCUT2D eigenvalue weighted by atomic mass is 35.5. The Morgan fingerprint density at radius 1 is 1.00 bits per heavy atom. The Hall–Kier alpha value is -3.00. The number of anilines is 1. The zero-order chi connectivity index (χ0) is 18.8. The summed E-state index contributed by atoms with van der Waals surface area (Å²) in [4.78, 5) is 16.2. The van der Waals surface area contributed by atoms with Gasteiger partial charge in [-0.2, -0.15) is 5.10 Å². The molecule has 9 heteroatoms. The van der Waals surface area contributed by atoms with E-state index in [0.717, 1.165) is 5.82 Å². The van der Waals surface area contributed by atoms with E-state index in [9.17, 15) is 9.18 Å². The summed E-state index contributed by atoms with van der Waals surface area (Å²) >= 11 is 6.00. The van der Waals surface area contributed by atoms with Crippen LogP contribution in [0.25, 0.3) is 5.82 Å². The lowest BCUT2D eigenvalue weighted by Gasteiger charge is -2.35. The van der Waals surface area contributed by atoms with Crippen LogP contribution in [-0.2, 0) is 0 Å². The number of nitrogens with zero attached hydrogens (tertiary/aromatic N) is 6. The Bertz CT molecular complexity index is 919. The largest absolute Gasteiger partial charge is 0.352 e. The molecule has 0 aliphatic carbocycles. The maximum Gasteiger partial charge on any atom is 0.258 e. The number of hydrogen-bond acceptors (Lipinski definition) is 5. The van der Waals surface area contributed by atoms with Gasteiger partial charge in [0.1, 0.15) is 5.82 Å². The molecule has 0 radical (unpaired) electrons. The quantitative estimate of drug-likeness (QED) is 0.691. The van der Waals surface area contributed by atoms with Crippen LogP contribution in [0.4, 0.5) is 10.2 Å². The van der Waals surface area contributed by atoms with Crippen molar-refractivity contribution in [3.05, 3.63) is 65.2 Å². The van der Waals surface area contributed by atoms with Crippen LogP contribution < -0.4 is 4.90 Å². The fourth-order valence-corrected chi connectivity index (χ4v) is 3.26. The molecule has 138 valence electrons. The number of amides is 1. The highest BCUT2D eigenvalue weighted by Gasteiger charge is 2.26. The van der Waals surface area contributed by atoms with Crippen LogP contribution in [0.5, 0.6) is 0 Å². The van der Waals surface area contributed by atoms with Crippen LogP contribution in [0.15, 0.2) is 48.8 Å². The van der Waals surface area contributed by atoms with Gasteiger partial charge in [-0.05, 0) is 30.3 Å². The summed E-state index contributed by atoms with van der Waals surface area (Å²) in [6, 6.07) is 9.77. The number of aromatic nitrogens is 4. The standard InChI is InChI=1S/C18H16ClFN6O/c19-13-3-1-4-14(20)17(13)18(27)25-11-9-24(10-12-25)15-5-6-16(23-22-15)26-8-2-7-21-26/h1-8H,9-12H2. The number of hydrogen-bond donors (Lipinski definition) is 0. The van der Waals surface area contributed by atoms with Crippen LogP contribution in [0, 0.1) is 5.82 Å². The van der Waals surface area contributed by atoms with E-state index >= 15 is 0 Å².